The lowest BCUT2D eigenvalue weighted by Gasteiger charge is -2.41. The van der Waals surface area contributed by atoms with Crippen LogP contribution in [0.15, 0.2) is 55.0 Å². The summed E-state index contributed by atoms with van der Waals surface area (Å²) in [7, 11) is 3.62. The van der Waals surface area contributed by atoms with E-state index in [1.165, 1.54) is 5.56 Å². The van der Waals surface area contributed by atoms with Gasteiger partial charge in [0.25, 0.3) is 5.91 Å². The summed E-state index contributed by atoms with van der Waals surface area (Å²) >= 11 is 0. The molecule has 1 N–H and O–H groups in total. The summed E-state index contributed by atoms with van der Waals surface area (Å²) in [6.07, 6.45) is 6.01. The van der Waals surface area contributed by atoms with Crippen LogP contribution in [0.2, 0.25) is 0 Å². The molecule has 0 bridgehead atoms. The van der Waals surface area contributed by atoms with Crippen LogP contribution >= 0.6 is 0 Å². The minimum atomic E-state index is -0.915. The molecule has 0 aliphatic carbocycles. The lowest BCUT2D eigenvalue weighted by molar-refractivity contribution is -0.160. The van der Waals surface area contributed by atoms with Gasteiger partial charge in [-0.25, -0.2) is 0 Å². The molecular weight excluding hydrogens is 390 g/mol. The molecule has 1 amide bonds. The minimum absolute atomic E-state index is 0.0849. The third-order valence-corrected chi connectivity index (χ3v) is 6.09. The summed E-state index contributed by atoms with van der Waals surface area (Å²) in [6.45, 7) is 4.66. The molecule has 1 aliphatic heterocycles. The Labute approximate surface area is 183 Å². The third-order valence-electron chi connectivity index (χ3n) is 6.09. The molecule has 162 valence electrons. The summed E-state index contributed by atoms with van der Waals surface area (Å²) in [5.74, 6) is -0.0849. The zero-order valence-electron chi connectivity index (χ0n) is 18.3. The summed E-state index contributed by atoms with van der Waals surface area (Å²) in [5.41, 5.74) is 4.72. The number of likely N-dealkylation sites (N-methyl/N-ethyl adjacent to an activating group) is 1. The average Bonchev–Trinajstić information content (AvgIpc) is 3.12. The van der Waals surface area contributed by atoms with Gasteiger partial charge in [-0.15, -0.1) is 0 Å². The highest BCUT2D eigenvalue weighted by Gasteiger charge is 2.43. The van der Waals surface area contributed by atoms with Crippen molar-refractivity contribution in [3.8, 4) is 11.1 Å². The Balaban J connectivity index is 1.53. The molecule has 2 aromatic heterocycles. The maximum Gasteiger partial charge on any atom is 0.253 e. The first kappa shape index (κ1) is 21.2. The predicted molar refractivity (Wildman–Crippen MR) is 119 cm³/mol. The molecule has 4 rings (SSSR count). The number of aromatic nitrogens is 3. The Morgan fingerprint density at radius 3 is 2.52 bits per heavy atom. The van der Waals surface area contributed by atoms with Crippen LogP contribution in [0.5, 0.6) is 0 Å². The van der Waals surface area contributed by atoms with Gasteiger partial charge in [0.05, 0.1) is 12.8 Å². The number of benzene rings is 1. The lowest BCUT2D eigenvalue weighted by atomic mass is 9.90. The van der Waals surface area contributed by atoms with Crippen molar-refractivity contribution in [3.63, 3.8) is 0 Å². The van der Waals surface area contributed by atoms with Crippen LogP contribution in [0, 0.1) is 6.92 Å². The number of nitrogens with one attached hydrogen (secondary N) is 1. The molecule has 1 atom stereocenters. The van der Waals surface area contributed by atoms with Crippen molar-refractivity contribution in [3.05, 3.63) is 71.8 Å². The SMILES string of the molecule is CNC(=O)[C@@]1(Cc2ccc(-c3ccncc3)cc2)CN(Cc2cnn(C)c2C)CCO1. The smallest absolute Gasteiger partial charge is 0.253 e. The zero-order valence-corrected chi connectivity index (χ0v) is 18.3. The van der Waals surface area contributed by atoms with Crippen LogP contribution < -0.4 is 5.32 Å². The number of carbonyl (C=O) groups excluding carboxylic acids is 1. The van der Waals surface area contributed by atoms with Crippen LogP contribution in [0.25, 0.3) is 11.1 Å². The van der Waals surface area contributed by atoms with E-state index in [0.717, 1.165) is 35.5 Å². The Morgan fingerprint density at radius 2 is 1.87 bits per heavy atom. The largest absolute Gasteiger partial charge is 0.362 e. The van der Waals surface area contributed by atoms with Crippen molar-refractivity contribution in [1.29, 1.82) is 0 Å². The van der Waals surface area contributed by atoms with Gasteiger partial charge in [0.1, 0.15) is 0 Å². The molecule has 7 heteroatoms. The second-order valence-electron chi connectivity index (χ2n) is 8.12. The van der Waals surface area contributed by atoms with E-state index in [9.17, 15) is 4.79 Å². The first-order valence-corrected chi connectivity index (χ1v) is 10.6. The van der Waals surface area contributed by atoms with E-state index < -0.39 is 5.60 Å². The van der Waals surface area contributed by atoms with E-state index in [1.54, 1.807) is 19.4 Å². The Hall–Kier alpha value is -3.03. The van der Waals surface area contributed by atoms with Crippen molar-refractivity contribution in [1.82, 2.24) is 25.0 Å². The monoisotopic (exact) mass is 419 g/mol. The molecule has 1 aliphatic rings. The van der Waals surface area contributed by atoms with Crippen LogP contribution in [-0.2, 0) is 29.5 Å². The van der Waals surface area contributed by atoms with E-state index in [1.807, 2.05) is 30.1 Å². The number of carbonyl (C=O) groups is 1. The van der Waals surface area contributed by atoms with E-state index >= 15 is 0 Å². The molecule has 31 heavy (non-hydrogen) atoms. The normalized spacial score (nSPS) is 19.3. The first-order valence-electron chi connectivity index (χ1n) is 10.6. The number of pyridine rings is 1. The minimum Gasteiger partial charge on any atom is -0.362 e. The highest BCUT2D eigenvalue weighted by molar-refractivity contribution is 5.86. The van der Waals surface area contributed by atoms with Crippen molar-refractivity contribution in [2.75, 3.05) is 26.7 Å². The molecular formula is C24H29N5O2. The van der Waals surface area contributed by atoms with E-state index in [-0.39, 0.29) is 5.91 Å². The molecule has 1 fully saturated rings. The van der Waals surface area contributed by atoms with Crippen LogP contribution in [-0.4, -0.2) is 57.9 Å². The third kappa shape index (κ3) is 4.52. The van der Waals surface area contributed by atoms with E-state index in [4.69, 9.17) is 4.74 Å². The second kappa shape index (κ2) is 8.99. The standard InChI is InChI=1S/C24H29N5O2/c1-18-22(15-27-28(18)3)16-29-12-13-31-24(17-29,23(30)25-2)14-19-4-6-20(7-5-19)21-8-10-26-11-9-21/h4-11,15H,12-14,16-17H2,1-3H3,(H,25,30)/t24-/m1/s1. The fourth-order valence-corrected chi connectivity index (χ4v) is 4.17. The fourth-order valence-electron chi connectivity index (χ4n) is 4.17. The number of nitrogens with zero attached hydrogens (tertiary/aromatic N) is 4. The van der Waals surface area contributed by atoms with E-state index in [0.29, 0.717) is 19.6 Å². The lowest BCUT2D eigenvalue weighted by Crippen LogP contribution is -2.60. The summed E-state index contributed by atoms with van der Waals surface area (Å²) < 4.78 is 8.04. The number of hydrogen-bond acceptors (Lipinski definition) is 5. The summed E-state index contributed by atoms with van der Waals surface area (Å²) in [6, 6.07) is 12.3. The Morgan fingerprint density at radius 1 is 1.16 bits per heavy atom. The number of ether oxygens (including phenoxy) is 1. The van der Waals surface area contributed by atoms with Crippen LogP contribution in [0.3, 0.4) is 0 Å². The summed E-state index contributed by atoms with van der Waals surface area (Å²) in [4.78, 5) is 19.3. The van der Waals surface area contributed by atoms with Crippen molar-refractivity contribution >= 4 is 5.91 Å². The predicted octanol–water partition coefficient (Wildman–Crippen LogP) is 2.35. The Bertz CT molecular complexity index is 1030. The van der Waals surface area contributed by atoms with Gasteiger partial charge in [-0.2, -0.15) is 5.10 Å². The molecule has 0 saturated carbocycles. The molecule has 1 saturated heterocycles. The molecule has 0 unspecified atom stereocenters. The van der Waals surface area contributed by atoms with Gasteiger partial charge < -0.3 is 10.1 Å². The van der Waals surface area contributed by atoms with Crippen LogP contribution in [0.4, 0.5) is 0 Å². The second-order valence-corrected chi connectivity index (χ2v) is 8.12. The first-order chi connectivity index (χ1) is 15.0. The van der Waals surface area contributed by atoms with Gasteiger partial charge >= 0.3 is 0 Å². The highest BCUT2D eigenvalue weighted by Crippen LogP contribution is 2.27. The molecule has 3 heterocycles. The number of aryl methyl sites for hydroxylation is 1. The molecule has 7 nitrogen and oxygen atoms in total. The summed E-state index contributed by atoms with van der Waals surface area (Å²) in [5, 5.41) is 7.16. The average molecular weight is 420 g/mol. The number of amides is 1. The maximum atomic E-state index is 13.0. The van der Waals surface area contributed by atoms with Crippen LogP contribution in [0.1, 0.15) is 16.8 Å². The highest BCUT2D eigenvalue weighted by atomic mass is 16.5. The van der Waals surface area contributed by atoms with Gasteiger partial charge in [0, 0.05) is 63.8 Å². The van der Waals surface area contributed by atoms with Crippen molar-refractivity contribution in [2.24, 2.45) is 7.05 Å². The number of morpholine rings is 1. The van der Waals surface area contributed by atoms with Crippen molar-refractivity contribution in [2.45, 2.75) is 25.5 Å². The molecule has 1 aromatic carbocycles. The number of hydrogen-bond donors (Lipinski definition) is 1. The zero-order chi connectivity index (χ0) is 21.8. The quantitative estimate of drug-likeness (QED) is 0.664. The Kier molecular flexibility index (Phi) is 6.15. The molecule has 0 spiro atoms. The topological polar surface area (TPSA) is 72.3 Å². The van der Waals surface area contributed by atoms with Gasteiger partial charge in [-0.3, -0.25) is 19.4 Å². The van der Waals surface area contributed by atoms with Gasteiger partial charge in [0.2, 0.25) is 0 Å². The van der Waals surface area contributed by atoms with E-state index in [2.05, 4.69) is 51.5 Å². The fraction of sp³-hybridized carbons (Fsp3) is 0.375. The van der Waals surface area contributed by atoms with Gasteiger partial charge in [-0.05, 0) is 35.7 Å². The number of rotatable bonds is 6. The van der Waals surface area contributed by atoms with Gasteiger partial charge in [0.15, 0.2) is 5.60 Å². The van der Waals surface area contributed by atoms with Crippen molar-refractivity contribution < 1.29 is 9.53 Å². The molecule has 3 aromatic rings. The maximum absolute atomic E-state index is 13.0. The van der Waals surface area contributed by atoms with Gasteiger partial charge in [-0.1, -0.05) is 24.3 Å². The molecule has 0 radical (unpaired) electrons.